The molecular formula is C32H47N3O4. The summed E-state index contributed by atoms with van der Waals surface area (Å²) >= 11 is 0. The second-order valence-electron chi connectivity index (χ2n) is 11.8. The van der Waals surface area contributed by atoms with Crippen molar-refractivity contribution in [1.29, 1.82) is 0 Å². The SMILES string of the molecule is CCC1(N2CCN(CCc3cccc(O[C@H](CCN(C)C(=O)O)c4ccccc4)c3)CC2)CCOC(C)(C)C1. The quantitative estimate of drug-likeness (QED) is 0.396. The van der Waals surface area contributed by atoms with Crippen molar-refractivity contribution in [2.24, 2.45) is 0 Å². The van der Waals surface area contributed by atoms with E-state index in [2.05, 4.69) is 48.8 Å². The Morgan fingerprint density at radius 1 is 1.10 bits per heavy atom. The molecular weight excluding hydrogens is 490 g/mol. The van der Waals surface area contributed by atoms with Crippen molar-refractivity contribution in [3.63, 3.8) is 0 Å². The van der Waals surface area contributed by atoms with Gasteiger partial charge in [-0.3, -0.25) is 4.90 Å². The van der Waals surface area contributed by atoms with Crippen LogP contribution >= 0.6 is 0 Å². The second-order valence-corrected chi connectivity index (χ2v) is 11.8. The van der Waals surface area contributed by atoms with E-state index < -0.39 is 6.09 Å². The lowest BCUT2D eigenvalue weighted by Crippen LogP contribution is -2.61. The molecule has 2 atom stereocenters. The standard InChI is InChI=1S/C32H47N3O4/c1-5-32(16-23-38-31(2,3)25-32)35-21-19-34(20-22-35)18-14-26-10-9-13-28(24-26)39-29(15-17-33(4)30(36)37)27-11-7-6-8-12-27/h6-13,24,29H,5,14-23,25H2,1-4H3,(H,36,37)/t29-,32?/m1/s1. The summed E-state index contributed by atoms with van der Waals surface area (Å²) in [7, 11) is 1.59. The summed E-state index contributed by atoms with van der Waals surface area (Å²) in [6.45, 7) is 13.6. The maximum absolute atomic E-state index is 11.3. The lowest BCUT2D eigenvalue weighted by Gasteiger charge is -2.53. The summed E-state index contributed by atoms with van der Waals surface area (Å²) in [4.78, 5) is 17.9. The topological polar surface area (TPSA) is 65.5 Å². The highest BCUT2D eigenvalue weighted by Crippen LogP contribution is 2.39. The van der Waals surface area contributed by atoms with Crippen LogP contribution in [0.25, 0.3) is 0 Å². The Balaban J connectivity index is 1.31. The van der Waals surface area contributed by atoms with Crippen LogP contribution < -0.4 is 4.74 Å². The third-order valence-electron chi connectivity index (χ3n) is 8.63. The molecule has 214 valence electrons. The van der Waals surface area contributed by atoms with Gasteiger partial charge in [-0.05, 0) is 62.8 Å². The number of rotatable bonds is 11. The predicted molar refractivity (Wildman–Crippen MR) is 156 cm³/mol. The minimum absolute atomic E-state index is 0.0375. The third kappa shape index (κ3) is 7.96. The normalized spacial score (nSPS) is 22.8. The minimum atomic E-state index is -0.925. The largest absolute Gasteiger partial charge is 0.486 e. The van der Waals surface area contributed by atoms with Crippen LogP contribution in [0.5, 0.6) is 5.75 Å². The van der Waals surface area contributed by atoms with Gasteiger partial charge in [-0.1, -0.05) is 49.4 Å². The predicted octanol–water partition coefficient (Wildman–Crippen LogP) is 5.70. The van der Waals surface area contributed by atoms with E-state index in [9.17, 15) is 9.90 Å². The molecule has 7 heteroatoms. The lowest BCUT2D eigenvalue weighted by atomic mass is 9.77. The summed E-state index contributed by atoms with van der Waals surface area (Å²) in [6.07, 6.45) is 3.86. The first-order valence-electron chi connectivity index (χ1n) is 14.6. The van der Waals surface area contributed by atoms with E-state index in [0.29, 0.717) is 13.0 Å². The number of benzene rings is 2. The molecule has 2 aliphatic rings. The van der Waals surface area contributed by atoms with E-state index in [1.165, 1.54) is 16.9 Å². The third-order valence-corrected chi connectivity index (χ3v) is 8.63. The average Bonchev–Trinajstić information content (AvgIpc) is 2.94. The van der Waals surface area contributed by atoms with Crippen molar-refractivity contribution in [2.45, 2.75) is 70.1 Å². The maximum Gasteiger partial charge on any atom is 0.407 e. The minimum Gasteiger partial charge on any atom is -0.486 e. The number of carboxylic acid groups (broad SMARTS) is 1. The molecule has 2 heterocycles. The Morgan fingerprint density at radius 3 is 2.51 bits per heavy atom. The first-order valence-corrected chi connectivity index (χ1v) is 14.6. The summed E-state index contributed by atoms with van der Waals surface area (Å²) in [5.74, 6) is 0.830. The zero-order valence-corrected chi connectivity index (χ0v) is 24.3. The molecule has 0 spiro atoms. The molecule has 2 aliphatic heterocycles. The lowest BCUT2D eigenvalue weighted by molar-refractivity contribution is -0.128. The van der Waals surface area contributed by atoms with Gasteiger partial charge in [0.15, 0.2) is 0 Å². The Bertz CT molecular complexity index is 1050. The Kier molecular flexibility index (Phi) is 9.91. The van der Waals surface area contributed by atoms with Crippen molar-refractivity contribution in [3.05, 3.63) is 65.7 Å². The number of ether oxygens (including phenoxy) is 2. The molecule has 39 heavy (non-hydrogen) atoms. The average molecular weight is 538 g/mol. The molecule has 7 nitrogen and oxygen atoms in total. The monoisotopic (exact) mass is 537 g/mol. The fraction of sp³-hybridized carbons (Fsp3) is 0.594. The van der Waals surface area contributed by atoms with E-state index in [4.69, 9.17) is 9.47 Å². The Hall–Kier alpha value is -2.61. The van der Waals surface area contributed by atoms with Gasteiger partial charge in [-0.2, -0.15) is 0 Å². The molecule has 0 saturated carbocycles. The van der Waals surface area contributed by atoms with Crippen LogP contribution in [0.2, 0.25) is 0 Å². The number of nitrogens with zero attached hydrogens (tertiary/aromatic N) is 3. The summed E-state index contributed by atoms with van der Waals surface area (Å²) < 4.78 is 12.5. The van der Waals surface area contributed by atoms with Gasteiger partial charge in [-0.15, -0.1) is 0 Å². The van der Waals surface area contributed by atoms with Crippen LogP contribution in [-0.2, 0) is 11.2 Å². The molecule has 2 aromatic carbocycles. The molecule has 4 rings (SSSR count). The van der Waals surface area contributed by atoms with Crippen molar-refractivity contribution in [2.75, 3.05) is 52.9 Å². The number of hydrogen-bond donors (Lipinski definition) is 1. The number of amides is 1. The molecule has 0 radical (unpaired) electrons. The van der Waals surface area contributed by atoms with Gasteiger partial charge in [0.1, 0.15) is 11.9 Å². The van der Waals surface area contributed by atoms with E-state index in [1.54, 1.807) is 7.05 Å². The highest BCUT2D eigenvalue weighted by atomic mass is 16.5. The van der Waals surface area contributed by atoms with E-state index in [1.807, 2.05) is 36.4 Å². The van der Waals surface area contributed by atoms with Crippen LogP contribution in [-0.4, -0.2) is 90.0 Å². The second kappa shape index (κ2) is 13.2. The van der Waals surface area contributed by atoms with Gasteiger partial charge in [0.25, 0.3) is 0 Å². The van der Waals surface area contributed by atoms with Gasteiger partial charge in [0.2, 0.25) is 0 Å². The van der Waals surface area contributed by atoms with Crippen LogP contribution in [0.15, 0.2) is 54.6 Å². The number of carbonyl (C=O) groups is 1. The molecule has 1 amide bonds. The van der Waals surface area contributed by atoms with Gasteiger partial charge in [0.05, 0.1) is 5.60 Å². The van der Waals surface area contributed by atoms with Crippen molar-refractivity contribution >= 4 is 6.09 Å². The van der Waals surface area contributed by atoms with E-state index >= 15 is 0 Å². The van der Waals surface area contributed by atoms with Gasteiger partial charge in [-0.25, -0.2) is 4.79 Å². The van der Waals surface area contributed by atoms with Gasteiger partial charge >= 0.3 is 6.09 Å². The van der Waals surface area contributed by atoms with Crippen LogP contribution in [0.3, 0.4) is 0 Å². The first kappa shape index (κ1) is 29.4. The number of piperazine rings is 1. The maximum atomic E-state index is 11.3. The summed E-state index contributed by atoms with van der Waals surface area (Å²) in [6, 6.07) is 18.4. The Labute approximate surface area is 234 Å². The highest BCUT2D eigenvalue weighted by molar-refractivity contribution is 5.64. The zero-order chi connectivity index (χ0) is 27.9. The van der Waals surface area contributed by atoms with Gasteiger partial charge < -0.3 is 24.4 Å². The summed E-state index contributed by atoms with van der Waals surface area (Å²) in [5.41, 5.74) is 2.55. The van der Waals surface area contributed by atoms with Crippen molar-refractivity contribution in [3.8, 4) is 5.75 Å². The fourth-order valence-electron chi connectivity index (χ4n) is 6.28. The van der Waals surface area contributed by atoms with Crippen molar-refractivity contribution in [1.82, 2.24) is 14.7 Å². The Morgan fingerprint density at radius 2 is 1.85 bits per heavy atom. The molecule has 1 N–H and O–H groups in total. The molecule has 0 bridgehead atoms. The van der Waals surface area contributed by atoms with Crippen LogP contribution in [0.1, 0.15) is 63.7 Å². The zero-order valence-electron chi connectivity index (χ0n) is 24.3. The number of hydrogen-bond acceptors (Lipinski definition) is 5. The van der Waals surface area contributed by atoms with Crippen molar-refractivity contribution < 1.29 is 19.4 Å². The summed E-state index contributed by atoms with van der Waals surface area (Å²) in [5, 5.41) is 9.26. The molecule has 1 unspecified atom stereocenters. The van der Waals surface area contributed by atoms with Crippen LogP contribution in [0.4, 0.5) is 4.79 Å². The van der Waals surface area contributed by atoms with Crippen LogP contribution in [0, 0.1) is 0 Å². The molecule has 0 aliphatic carbocycles. The molecule has 2 saturated heterocycles. The van der Waals surface area contributed by atoms with E-state index in [-0.39, 0.29) is 17.2 Å². The highest BCUT2D eigenvalue weighted by Gasteiger charge is 2.44. The molecule has 2 fully saturated rings. The smallest absolute Gasteiger partial charge is 0.407 e. The van der Waals surface area contributed by atoms with Gasteiger partial charge in [0, 0.05) is 64.9 Å². The fourth-order valence-corrected chi connectivity index (χ4v) is 6.28. The van der Waals surface area contributed by atoms with E-state index in [0.717, 1.165) is 69.9 Å². The molecule has 2 aromatic rings. The first-order chi connectivity index (χ1) is 18.7. The molecule has 0 aromatic heterocycles.